The Hall–Kier alpha value is -2.37. The van der Waals surface area contributed by atoms with Crippen LogP contribution in [0, 0.1) is 5.82 Å². The van der Waals surface area contributed by atoms with Crippen molar-refractivity contribution in [2.45, 2.75) is 6.42 Å². The summed E-state index contributed by atoms with van der Waals surface area (Å²) in [6, 6.07) is 5.88. The van der Waals surface area contributed by atoms with Crippen molar-refractivity contribution >= 4 is 5.91 Å². The van der Waals surface area contributed by atoms with E-state index in [2.05, 4.69) is 5.10 Å². The van der Waals surface area contributed by atoms with Crippen LogP contribution in [-0.4, -0.2) is 40.8 Å². The topological polar surface area (TPSA) is 47.4 Å². The number of amides is 1. The Balaban J connectivity index is 1.73. The minimum Gasteiger partial charge on any atom is -0.494 e. The fraction of sp³-hybridized carbons (Fsp3) is 0.333. The van der Waals surface area contributed by atoms with E-state index >= 15 is 0 Å². The molecule has 6 heteroatoms. The van der Waals surface area contributed by atoms with Gasteiger partial charge in [0.1, 0.15) is 11.6 Å². The predicted octanol–water partition coefficient (Wildman–Crippen LogP) is 2.10. The summed E-state index contributed by atoms with van der Waals surface area (Å²) in [5.74, 6) is 0.270. The third-order valence-corrected chi connectivity index (χ3v) is 3.02. The van der Waals surface area contributed by atoms with E-state index in [9.17, 15) is 9.18 Å². The monoisotopic (exact) mass is 291 g/mol. The van der Waals surface area contributed by atoms with Crippen LogP contribution in [0.1, 0.15) is 16.8 Å². The zero-order valence-corrected chi connectivity index (χ0v) is 12.1. The molecule has 0 aliphatic carbocycles. The Bertz CT molecular complexity index is 595. The van der Waals surface area contributed by atoms with Crippen LogP contribution < -0.4 is 4.74 Å². The molecule has 1 aromatic carbocycles. The number of nitrogens with zero attached hydrogens (tertiary/aromatic N) is 3. The summed E-state index contributed by atoms with van der Waals surface area (Å²) in [6.07, 6.45) is 3.93. The molecule has 1 aromatic heterocycles. The number of aryl methyl sites for hydroxylation is 1. The second-order valence-corrected chi connectivity index (χ2v) is 4.79. The molecule has 21 heavy (non-hydrogen) atoms. The summed E-state index contributed by atoms with van der Waals surface area (Å²) in [5.41, 5.74) is 0.569. The van der Waals surface area contributed by atoms with Gasteiger partial charge in [0.2, 0.25) is 0 Å². The summed E-state index contributed by atoms with van der Waals surface area (Å²) in [7, 11) is 3.51. The van der Waals surface area contributed by atoms with Crippen LogP contribution in [0.25, 0.3) is 0 Å². The van der Waals surface area contributed by atoms with Crippen LogP contribution in [0.4, 0.5) is 4.39 Å². The first-order valence-corrected chi connectivity index (χ1v) is 6.69. The van der Waals surface area contributed by atoms with Gasteiger partial charge in [0.15, 0.2) is 0 Å². The number of hydrogen-bond acceptors (Lipinski definition) is 3. The van der Waals surface area contributed by atoms with Crippen LogP contribution in [0.3, 0.4) is 0 Å². The fourth-order valence-corrected chi connectivity index (χ4v) is 1.88. The van der Waals surface area contributed by atoms with Crippen LogP contribution in [-0.2, 0) is 7.05 Å². The molecule has 5 nitrogen and oxygen atoms in total. The number of carbonyl (C=O) groups excluding carboxylic acids is 1. The molecule has 0 unspecified atom stereocenters. The van der Waals surface area contributed by atoms with E-state index in [0.717, 1.165) is 0 Å². The molecule has 0 atom stereocenters. The lowest BCUT2D eigenvalue weighted by Crippen LogP contribution is -2.28. The van der Waals surface area contributed by atoms with Crippen molar-refractivity contribution < 1.29 is 13.9 Å². The van der Waals surface area contributed by atoms with Gasteiger partial charge in [0, 0.05) is 26.8 Å². The lowest BCUT2D eigenvalue weighted by molar-refractivity contribution is 0.0788. The molecule has 2 aromatic rings. The summed E-state index contributed by atoms with van der Waals surface area (Å²) in [6.45, 7) is 1.05. The van der Waals surface area contributed by atoms with Crippen molar-refractivity contribution in [3.8, 4) is 5.75 Å². The van der Waals surface area contributed by atoms with Crippen molar-refractivity contribution in [1.82, 2.24) is 14.7 Å². The van der Waals surface area contributed by atoms with E-state index in [1.165, 1.54) is 12.1 Å². The van der Waals surface area contributed by atoms with Gasteiger partial charge in [-0.25, -0.2) is 4.39 Å². The third-order valence-electron chi connectivity index (χ3n) is 3.02. The summed E-state index contributed by atoms with van der Waals surface area (Å²) in [4.78, 5) is 13.7. The van der Waals surface area contributed by atoms with Crippen LogP contribution in [0.5, 0.6) is 5.75 Å². The van der Waals surface area contributed by atoms with Crippen molar-refractivity contribution in [2.24, 2.45) is 7.05 Å². The van der Waals surface area contributed by atoms with Gasteiger partial charge in [-0.1, -0.05) is 0 Å². The number of ether oxygens (including phenoxy) is 1. The lowest BCUT2D eigenvalue weighted by atomic mass is 10.3. The highest BCUT2D eigenvalue weighted by Crippen LogP contribution is 2.11. The Kier molecular flexibility index (Phi) is 4.92. The Morgan fingerprint density at radius 2 is 2.10 bits per heavy atom. The molecule has 1 amide bonds. The van der Waals surface area contributed by atoms with Gasteiger partial charge in [-0.05, 0) is 30.7 Å². The van der Waals surface area contributed by atoms with Gasteiger partial charge in [0.05, 0.1) is 18.4 Å². The van der Waals surface area contributed by atoms with Crippen molar-refractivity contribution in [3.05, 3.63) is 48.0 Å². The average molecular weight is 291 g/mol. The molecule has 0 N–H and O–H groups in total. The van der Waals surface area contributed by atoms with E-state index in [1.54, 1.807) is 48.2 Å². The Morgan fingerprint density at radius 3 is 2.71 bits per heavy atom. The summed E-state index contributed by atoms with van der Waals surface area (Å²) in [5, 5.41) is 3.98. The molecule has 1 heterocycles. The van der Waals surface area contributed by atoms with Gasteiger partial charge < -0.3 is 9.64 Å². The highest BCUT2D eigenvalue weighted by Gasteiger charge is 2.12. The quantitative estimate of drug-likeness (QED) is 0.766. The SMILES string of the molecule is CN(CCCOc1ccc(F)cc1)C(=O)c1cnn(C)c1. The van der Waals surface area contributed by atoms with Gasteiger partial charge in [-0.3, -0.25) is 9.48 Å². The first-order valence-electron chi connectivity index (χ1n) is 6.69. The maximum atomic E-state index is 12.7. The van der Waals surface area contributed by atoms with Crippen LogP contribution in [0.15, 0.2) is 36.7 Å². The molecule has 0 spiro atoms. The van der Waals surface area contributed by atoms with E-state index in [1.807, 2.05) is 0 Å². The Labute approximate surface area is 122 Å². The second-order valence-electron chi connectivity index (χ2n) is 4.79. The van der Waals surface area contributed by atoms with E-state index in [0.29, 0.717) is 30.9 Å². The molecular formula is C15H18FN3O2. The lowest BCUT2D eigenvalue weighted by Gasteiger charge is -2.16. The largest absolute Gasteiger partial charge is 0.494 e. The fourth-order valence-electron chi connectivity index (χ4n) is 1.88. The number of halogens is 1. The van der Waals surface area contributed by atoms with Crippen molar-refractivity contribution in [3.63, 3.8) is 0 Å². The van der Waals surface area contributed by atoms with E-state index < -0.39 is 0 Å². The maximum absolute atomic E-state index is 12.7. The molecule has 0 radical (unpaired) electrons. The molecule has 0 fully saturated rings. The zero-order valence-electron chi connectivity index (χ0n) is 12.1. The number of aromatic nitrogens is 2. The smallest absolute Gasteiger partial charge is 0.256 e. The molecule has 0 aliphatic heterocycles. The van der Waals surface area contributed by atoms with Crippen molar-refractivity contribution in [2.75, 3.05) is 20.2 Å². The minimum absolute atomic E-state index is 0.0649. The Morgan fingerprint density at radius 1 is 1.38 bits per heavy atom. The molecule has 0 saturated heterocycles. The maximum Gasteiger partial charge on any atom is 0.256 e. The van der Waals surface area contributed by atoms with Gasteiger partial charge >= 0.3 is 0 Å². The highest BCUT2D eigenvalue weighted by molar-refractivity contribution is 5.93. The third kappa shape index (κ3) is 4.30. The molecule has 0 saturated carbocycles. The van der Waals surface area contributed by atoms with E-state index in [-0.39, 0.29) is 11.7 Å². The second kappa shape index (κ2) is 6.88. The van der Waals surface area contributed by atoms with E-state index in [4.69, 9.17) is 4.74 Å². The summed E-state index contributed by atoms with van der Waals surface area (Å²) >= 11 is 0. The highest BCUT2D eigenvalue weighted by atomic mass is 19.1. The van der Waals surface area contributed by atoms with Crippen molar-refractivity contribution in [1.29, 1.82) is 0 Å². The molecule has 0 bridgehead atoms. The zero-order chi connectivity index (χ0) is 15.2. The first kappa shape index (κ1) is 15.0. The predicted molar refractivity (Wildman–Crippen MR) is 76.7 cm³/mol. The molecule has 2 rings (SSSR count). The standard InChI is InChI=1S/C15H18FN3O2/c1-18(15(20)12-10-17-19(2)11-12)8-3-9-21-14-6-4-13(16)5-7-14/h4-7,10-11H,3,8-9H2,1-2H3. The molecular weight excluding hydrogens is 273 g/mol. The number of carbonyl (C=O) groups is 1. The number of benzene rings is 1. The van der Waals surface area contributed by atoms with Gasteiger partial charge in [-0.2, -0.15) is 5.10 Å². The molecule has 112 valence electrons. The molecule has 0 aliphatic rings. The van der Waals surface area contributed by atoms with Gasteiger partial charge in [0.25, 0.3) is 5.91 Å². The van der Waals surface area contributed by atoms with Crippen LogP contribution in [0.2, 0.25) is 0 Å². The number of rotatable bonds is 6. The normalized spacial score (nSPS) is 10.4. The minimum atomic E-state index is -0.288. The number of hydrogen-bond donors (Lipinski definition) is 0. The first-order chi connectivity index (χ1) is 10.1. The summed E-state index contributed by atoms with van der Waals surface area (Å²) < 4.78 is 19.8. The van der Waals surface area contributed by atoms with Gasteiger partial charge in [-0.15, -0.1) is 0 Å². The average Bonchev–Trinajstić information content (AvgIpc) is 2.91. The van der Waals surface area contributed by atoms with Crippen LogP contribution >= 0.6 is 0 Å².